The zero-order chi connectivity index (χ0) is 52.2. The topological polar surface area (TPSA) is 78.9 Å². The van der Waals surface area contributed by atoms with Crippen LogP contribution in [0.4, 0.5) is 0 Å². The van der Waals surface area contributed by atoms with Crippen LogP contribution in [0.5, 0.6) is 0 Å². The van der Waals surface area contributed by atoms with E-state index in [0.717, 1.165) is 103 Å². The second-order valence-electron chi connectivity index (χ2n) is 20.6. The van der Waals surface area contributed by atoms with Gasteiger partial charge in [0.05, 0.1) is 0 Å². The van der Waals surface area contributed by atoms with Gasteiger partial charge in [-0.05, 0) is 103 Å². The van der Waals surface area contributed by atoms with Crippen molar-refractivity contribution in [2.24, 2.45) is 0 Å². The van der Waals surface area contributed by atoms with Gasteiger partial charge in [0.1, 0.15) is 13.2 Å². The molecule has 0 aromatic carbocycles. The molecule has 0 fully saturated rings. The molecular weight excluding hydrogens is 889 g/mol. The van der Waals surface area contributed by atoms with Crippen LogP contribution < -0.4 is 0 Å². The van der Waals surface area contributed by atoms with Crippen molar-refractivity contribution in [2.45, 2.75) is 316 Å². The lowest BCUT2D eigenvalue weighted by Crippen LogP contribution is -2.30. The molecule has 0 aliphatic carbocycles. The minimum Gasteiger partial charge on any atom is -0.462 e. The summed E-state index contributed by atoms with van der Waals surface area (Å²) < 4.78 is 16.9. The maximum atomic E-state index is 12.9. The molecule has 0 aliphatic rings. The Bertz CT molecular complexity index is 1340. The zero-order valence-corrected chi connectivity index (χ0v) is 47.7. The van der Waals surface area contributed by atoms with Crippen molar-refractivity contribution in [1.82, 2.24) is 0 Å². The summed E-state index contributed by atoms with van der Waals surface area (Å²) in [6.07, 6.45) is 77.7. The second kappa shape index (κ2) is 60.4. The summed E-state index contributed by atoms with van der Waals surface area (Å²) in [5.74, 6) is -0.887. The number of hydrogen-bond acceptors (Lipinski definition) is 6. The molecule has 0 spiro atoms. The highest BCUT2D eigenvalue weighted by atomic mass is 16.6. The number of hydrogen-bond donors (Lipinski definition) is 0. The van der Waals surface area contributed by atoms with Crippen molar-refractivity contribution in [3.05, 3.63) is 72.9 Å². The summed E-state index contributed by atoms with van der Waals surface area (Å²) in [7, 11) is 0. The Morgan fingerprint density at radius 1 is 0.292 bits per heavy atom. The van der Waals surface area contributed by atoms with Crippen LogP contribution in [-0.2, 0) is 28.6 Å². The molecule has 0 heterocycles. The number of carbonyl (C=O) groups excluding carboxylic acids is 3. The largest absolute Gasteiger partial charge is 0.462 e. The molecule has 72 heavy (non-hydrogen) atoms. The molecule has 0 aromatic rings. The van der Waals surface area contributed by atoms with E-state index in [-0.39, 0.29) is 31.1 Å². The molecule has 1 atom stereocenters. The maximum absolute atomic E-state index is 12.9. The summed E-state index contributed by atoms with van der Waals surface area (Å²) in [6.45, 7) is 6.50. The van der Waals surface area contributed by atoms with Crippen LogP contribution in [0.3, 0.4) is 0 Å². The van der Waals surface area contributed by atoms with E-state index in [4.69, 9.17) is 14.2 Å². The van der Waals surface area contributed by atoms with Gasteiger partial charge in [0, 0.05) is 19.3 Å². The first-order valence-corrected chi connectivity index (χ1v) is 30.9. The highest BCUT2D eigenvalue weighted by Crippen LogP contribution is 2.16. The normalized spacial score (nSPS) is 12.5. The maximum Gasteiger partial charge on any atom is 0.306 e. The summed E-state index contributed by atoms with van der Waals surface area (Å²) in [6, 6.07) is 0. The summed E-state index contributed by atoms with van der Waals surface area (Å²) in [5, 5.41) is 0. The number of carbonyl (C=O) groups is 3. The molecule has 0 radical (unpaired) electrons. The Hall–Kier alpha value is -3.15. The van der Waals surface area contributed by atoms with Crippen LogP contribution >= 0.6 is 0 Å². The number of allylic oxidation sites excluding steroid dienone is 12. The van der Waals surface area contributed by atoms with E-state index in [1.807, 2.05) is 0 Å². The Morgan fingerprint density at radius 2 is 0.556 bits per heavy atom. The van der Waals surface area contributed by atoms with Crippen molar-refractivity contribution in [1.29, 1.82) is 0 Å². The van der Waals surface area contributed by atoms with Crippen molar-refractivity contribution >= 4 is 17.9 Å². The highest BCUT2D eigenvalue weighted by molar-refractivity contribution is 5.71. The van der Waals surface area contributed by atoms with E-state index in [0.29, 0.717) is 19.3 Å². The van der Waals surface area contributed by atoms with Gasteiger partial charge < -0.3 is 14.2 Å². The summed E-state index contributed by atoms with van der Waals surface area (Å²) in [4.78, 5) is 38.2. The van der Waals surface area contributed by atoms with Crippen molar-refractivity contribution in [3.8, 4) is 0 Å². The van der Waals surface area contributed by atoms with Gasteiger partial charge in [-0.1, -0.05) is 261 Å². The first-order chi connectivity index (χ1) is 35.5. The zero-order valence-electron chi connectivity index (χ0n) is 47.7. The minimum atomic E-state index is -0.782. The Labute approximate surface area is 446 Å². The second-order valence-corrected chi connectivity index (χ2v) is 20.6. The van der Waals surface area contributed by atoms with Gasteiger partial charge in [0.25, 0.3) is 0 Å². The monoisotopic (exact) mass is 1000 g/mol. The van der Waals surface area contributed by atoms with Crippen LogP contribution in [0.15, 0.2) is 72.9 Å². The Morgan fingerprint density at radius 3 is 0.903 bits per heavy atom. The van der Waals surface area contributed by atoms with Gasteiger partial charge in [-0.15, -0.1) is 0 Å². The average Bonchev–Trinajstić information content (AvgIpc) is 3.38. The van der Waals surface area contributed by atoms with Crippen molar-refractivity contribution in [2.75, 3.05) is 13.2 Å². The van der Waals surface area contributed by atoms with Gasteiger partial charge in [0.15, 0.2) is 6.10 Å². The molecule has 0 rings (SSSR count). The minimum absolute atomic E-state index is 0.0795. The molecular formula is C66H116O6. The predicted molar refractivity (Wildman–Crippen MR) is 311 cm³/mol. The van der Waals surface area contributed by atoms with E-state index in [2.05, 4.69) is 93.7 Å². The number of esters is 3. The first-order valence-electron chi connectivity index (χ1n) is 30.9. The third-order valence-electron chi connectivity index (χ3n) is 13.4. The van der Waals surface area contributed by atoms with E-state index in [1.165, 1.54) is 167 Å². The smallest absolute Gasteiger partial charge is 0.306 e. The number of unbranched alkanes of at least 4 members (excludes halogenated alkanes) is 33. The Balaban J connectivity index is 4.22. The molecule has 0 aliphatic heterocycles. The van der Waals surface area contributed by atoms with E-state index < -0.39 is 6.10 Å². The van der Waals surface area contributed by atoms with Crippen LogP contribution in [0, 0.1) is 0 Å². The molecule has 0 bridgehead atoms. The molecule has 6 heteroatoms. The molecule has 0 amide bonds. The first kappa shape index (κ1) is 68.8. The average molecular weight is 1010 g/mol. The standard InChI is InChI=1S/C66H116O6/c1-4-7-10-13-16-19-22-24-26-28-29-30-31-32-33-34-35-36-37-38-40-41-44-47-50-53-56-59-65(68)71-62-63(61-70-64(67)58-55-52-49-46-43-21-18-15-12-9-6-3)72-66(69)60-57-54-51-48-45-42-39-27-25-23-20-17-14-11-8-5-2/h7,10,15-16,18-19,24,26-27,29-30,39,63H,4-6,8-9,11-14,17,20-23,25,28,31-38,40-62H2,1-3H3/b10-7-,18-15-,19-16-,26-24-,30-29-,39-27-. The molecule has 0 saturated heterocycles. The van der Waals surface area contributed by atoms with Crippen molar-refractivity contribution < 1.29 is 28.6 Å². The van der Waals surface area contributed by atoms with E-state index >= 15 is 0 Å². The third-order valence-corrected chi connectivity index (χ3v) is 13.4. The van der Waals surface area contributed by atoms with Gasteiger partial charge in [-0.2, -0.15) is 0 Å². The highest BCUT2D eigenvalue weighted by Gasteiger charge is 2.19. The number of rotatable bonds is 56. The van der Waals surface area contributed by atoms with E-state index in [1.54, 1.807) is 0 Å². The van der Waals surface area contributed by atoms with Crippen LogP contribution in [0.1, 0.15) is 310 Å². The fourth-order valence-electron chi connectivity index (χ4n) is 8.76. The van der Waals surface area contributed by atoms with Crippen LogP contribution in [-0.4, -0.2) is 37.2 Å². The van der Waals surface area contributed by atoms with Crippen LogP contribution in [0.25, 0.3) is 0 Å². The quantitative estimate of drug-likeness (QED) is 0.0261. The molecule has 416 valence electrons. The van der Waals surface area contributed by atoms with Gasteiger partial charge in [-0.25, -0.2) is 0 Å². The predicted octanol–water partition coefficient (Wildman–Crippen LogP) is 20.9. The van der Waals surface area contributed by atoms with Crippen LogP contribution in [0.2, 0.25) is 0 Å². The van der Waals surface area contributed by atoms with Crippen molar-refractivity contribution in [3.63, 3.8) is 0 Å². The fourth-order valence-corrected chi connectivity index (χ4v) is 8.76. The molecule has 0 aromatic heterocycles. The SMILES string of the molecule is CC/C=C\C/C=C\C/C=C\C/C=C\CCCCCCCCCCCCCCCCC(=O)OCC(COC(=O)CCCCCCC/C=C\CCCC)OC(=O)CCCCCCC/C=C\CCCCCCCCC. The lowest BCUT2D eigenvalue weighted by atomic mass is 10.0. The fraction of sp³-hybridized carbons (Fsp3) is 0.773. The summed E-state index contributed by atoms with van der Waals surface area (Å²) in [5.41, 5.74) is 0. The van der Waals surface area contributed by atoms with Gasteiger partial charge >= 0.3 is 17.9 Å². The van der Waals surface area contributed by atoms with Gasteiger partial charge in [0.2, 0.25) is 0 Å². The number of ether oxygens (including phenoxy) is 3. The lowest BCUT2D eigenvalue weighted by molar-refractivity contribution is -0.167. The third kappa shape index (κ3) is 57.7. The molecule has 6 nitrogen and oxygen atoms in total. The molecule has 1 unspecified atom stereocenters. The molecule has 0 N–H and O–H groups in total. The van der Waals surface area contributed by atoms with E-state index in [9.17, 15) is 14.4 Å². The lowest BCUT2D eigenvalue weighted by Gasteiger charge is -2.18. The summed E-state index contributed by atoms with van der Waals surface area (Å²) >= 11 is 0. The molecule has 0 saturated carbocycles. The Kier molecular flexibility index (Phi) is 57.8. The van der Waals surface area contributed by atoms with Gasteiger partial charge in [-0.3, -0.25) is 14.4 Å².